The molecule has 2 atom stereocenters. The average Bonchev–Trinajstić information content (AvgIpc) is 3.11. The number of carbonyl (C=O) groups excluding carboxylic acids is 1. The molecule has 4 rings (SSSR count). The van der Waals surface area contributed by atoms with E-state index in [0.29, 0.717) is 31.6 Å². The molecule has 0 saturated carbocycles. The summed E-state index contributed by atoms with van der Waals surface area (Å²) < 4.78 is 26.2. The Morgan fingerprint density at radius 3 is 2.69 bits per heavy atom. The van der Waals surface area contributed by atoms with Crippen molar-refractivity contribution in [2.75, 3.05) is 24.5 Å². The van der Waals surface area contributed by atoms with Gasteiger partial charge >= 0.3 is 0 Å². The second-order valence-electron chi connectivity index (χ2n) is 8.35. The van der Waals surface area contributed by atoms with Gasteiger partial charge in [0.2, 0.25) is 12.3 Å². The zero-order valence-electron chi connectivity index (χ0n) is 15.3. The second kappa shape index (κ2) is 6.71. The molecule has 2 saturated heterocycles. The molecule has 144 valence electrons. The van der Waals surface area contributed by atoms with Crippen molar-refractivity contribution < 1.29 is 13.6 Å². The molecule has 0 aromatic carbocycles. The fourth-order valence-corrected chi connectivity index (χ4v) is 5.44. The van der Waals surface area contributed by atoms with Gasteiger partial charge in [-0.1, -0.05) is 25.2 Å². The third-order valence-corrected chi connectivity index (χ3v) is 6.97. The van der Waals surface area contributed by atoms with E-state index in [4.69, 9.17) is 4.98 Å². The zero-order valence-corrected chi connectivity index (χ0v) is 16.1. The summed E-state index contributed by atoms with van der Waals surface area (Å²) in [5, 5.41) is 4.56. The first-order valence-corrected chi connectivity index (χ1v) is 10.2. The van der Waals surface area contributed by atoms with Crippen LogP contribution in [0.3, 0.4) is 0 Å². The molecule has 1 amide bonds. The van der Waals surface area contributed by atoms with Gasteiger partial charge in [-0.25, -0.2) is 13.8 Å². The number of nitrogens with one attached hydrogen (secondary N) is 1. The van der Waals surface area contributed by atoms with Gasteiger partial charge in [-0.15, -0.1) is 0 Å². The number of alkyl halides is 2. The Labute approximate surface area is 156 Å². The molecule has 0 radical (unpaired) electrons. The summed E-state index contributed by atoms with van der Waals surface area (Å²) >= 11 is 1.68. The first kappa shape index (κ1) is 18.1. The van der Waals surface area contributed by atoms with Crippen molar-refractivity contribution in [1.82, 2.24) is 15.2 Å². The predicted molar refractivity (Wildman–Crippen MR) is 97.8 cm³/mol. The number of rotatable bonds is 4. The maximum absolute atomic E-state index is 13.1. The number of anilines is 1. The summed E-state index contributed by atoms with van der Waals surface area (Å²) in [5.74, 6) is -0.182. The van der Waals surface area contributed by atoms with E-state index in [1.807, 2.05) is 0 Å². The van der Waals surface area contributed by atoms with E-state index in [0.717, 1.165) is 28.8 Å². The average molecular weight is 384 g/mol. The first-order valence-electron chi connectivity index (χ1n) is 9.39. The number of hydrogen-bond acceptors (Lipinski definition) is 5. The van der Waals surface area contributed by atoms with Gasteiger partial charge in [0.1, 0.15) is 0 Å². The van der Waals surface area contributed by atoms with Crippen LogP contribution in [0.25, 0.3) is 0 Å². The summed E-state index contributed by atoms with van der Waals surface area (Å²) in [4.78, 5) is 22.7. The molecule has 5 nitrogen and oxygen atoms in total. The lowest BCUT2D eigenvalue weighted by atomic mass is 9.89. The SMILES string of the molecule is CC(C)(CC(=O)N1CCc2nc(N3C4CCC3CNC4)sc2C1)C(F)F. The lowest BCUT2D eigenvalue weighted by molar-refractivity contribution is -0.137. The van der Waals surface area contributed by atoms with E-state index in [1.165, 1.54) is 26.7 Å². The molecule has 0 aliphatic carbocycles. The van der Waals surface area contributed by atoms with Crippen LogP contribution < -0.4 is 10.2 Å². The number of piperazine rings is 1. The van der Waals surface area contributed by atoms with Gasteiger partial charge in [0.15, 0.2) is 5.13 Å². The maximum Gasteiger partial charge on any atom is 0.244 e. The van der Waals surface area contributed by atoms with Gasteiger partial charge in [0.05, 0.1) is 12.2 Å². The number of carbonyl (C=O) groups is 1. The van der Waals surface area contributed by atoms with Crippen LogP contribution in [0.15, 0.2) is 0 Å². The maximum atomic E-state index is 13.1. The molecule has 8 heteroatoms. The Bertz CT molecular complexity index is 677. The van der Waals surface area contributed by atoms with Gasteiger partial charge in [0.25, 0.3) is 0 Å². The number of aromatic nitrogens is 1. The number of nitrogens with zero attached hydrogens (tertiary/aromatic N) is 3. The highest BCUT2D eigenvalue weighted by atomic mass is 32.1. The van der Waals surface area contributed by atoms with Gasteiger partial charge in [0, 0.05) is 54.9 Å². The Morgan fingerprint density at radius 1 is 1.35 bits per heavy atom. The van der Waals surface area contributed by atoms with Gasteiger partial charge < -0.3 is 15.1 Å². The van der Waals surface area contributed by atoms with Crippen molar-refractivity contribution in [3.63, 3.8) is 0 Å². The van der Waals surface area contributed by atoms with Crippen LogP contribution >= 0.6 is 11.3 Å². The van der Waals surface area contributed by atoms with Gasteiger partial charge in [-0.3, -0.25) is 4.79 Å². The fraction of sp³-hybridized carbons (Fsp3) is 0.778. The normalized spacial score (nSPS) is 25.7. The van der Waals surface area contributed by atoms with E-state index in [9.17, 15) is 13.6 Å². The molecule has 3 aliphatic rings. The van der Waals surface area contributed by atoms with E-state index >= 15 is 0 Å². The highest BCUT2D eigenvalue weighted by Crippen LogP contribution is 2.38. The predicted octanol–water partition coefficient (Wildman–Crippen LogP) is 2.65. The smallest absolute Gasteiger partial charge is 0.244 e. The molecule has 2 fully saturated rings. The van der Waals surface area contributed by atoms with E-state index in [2.05, 4.69) is 10.2 Å². The molecule has 2 unspecified atom stereocenters. The standard InChI is InChI=1S/C18H26F2N4OS/c1-18(2,16(19)20)7-15(25)23-6-5-13-14(10-23)26-17(22-13)24-11-3-4-12(24)9-21-8-11/h11-12,16,21H,3-10H2,1-2H3. The number of thiazole rings is 1. The first-order chi connectivity index (χ1) is 12.3. The molecular formula is C18H26F2N4OS. The summed E-state index contributed by atoms with van der Waals surface area (Å²) in [6.45, 7) is 6.00. The second-order valence-corrected chi connectivity index (χ2v) is 9.41. The summed E-state index contributed by atoms with van der Waals surface area (Å²) in [5.41, 5.74) is -0.198. The van der Waals surface area contributed by atoms with E-state index < -0.39 is 11.8 Å². The molecular weight excluding hydrogens is 358 g/mol. The van der Waals surface area contributed by atoms with Crippen LogP contribution in [-0.2, 0) is 17.8 Å². The van der Waals surface area contributed by atoms with Crippen LogP contribution in [0.4, 0.5) is 13.9 Å². The summed E-state index contributed by atoms with van der Waals surface area (Å²) in [6.07, 6.45) is 0.511. The van der Waals surface area contributed by atoms with E-state index in [1.54, 1.807) is 16.2 Å². The van der Waals surface area contributed by atoms with Crippen LogP contribution in [0.5, 0.6) is 0 Å². The molecule has 1 aromatic heterocycles. The van der Waals surface area contributed by atoms with Crippen LogP contribution in [0.2, 0.25) is 0 Å². The van der Waals surface area contributed by atoms with Gasteiger partial charge in [-0.2, -0.15) is 0 Å². The third kappa shape index (κ3) is 3.22. The quantitative estimate of drug-likeness (QED) is 0.867. The van der Waals surface area contributed by atoms with Crippen LogP contribution in [-0.4, -0.2) is 53.9 Å². The van der Waals surface area contributed by atoms with Crippen molar-refractivity contribution >= 4 is 22.4 Å². The van der Waals surface area contributed by atoms with Gasteiger partial charge in [-0.05, 0) is 12.8 Å². The van der Waals surface area contributed by atoms with Crippen molar-refractivity contribution in [3.8, 4) is 0 Å². The van der Waals surface area contributed by atoms with Crippen molar-refractivity contribution in [2.45, 2.75) is 64.6 Å². The molecule has 0 spiro atoms. The highest BCUT2D eigenvalue weighted by Gasteiger charge is 2.39. The lowest BCUT2D eigenvalue weighted by Gasteiger charge is -2.35. The Balaban J connectivity index is 1.46. The Morgan fingerprint density at radius 2 is 2.04 bits per heavy atom. The largest absolute Gasteiger partial charge is 0.340 e. The monoisotopic (exact) mass is 384 g/mol. The van der Waals surface area contributed by atoms with Crippen LogP contribution in [0, 0.1) is 5.41 Å². The van der Waals surface area contributed by atoms with E-state index in [-0.39, 0.29) is 12.3 Å². The summed E-state index contributed by atoms with van der Waals surface area (Å²) in [6, 6.07) is 1.04. The molecule has 3 aliphatic heterocycles. The molecule has 1 N–H and O–H groups in total. The zero-order chi connectivity index (χ0) is 18.5. The molecule has 1 aromatic rings. The minimum absolute atomic E-state index is 0.117. The number of fused-ring (bicyclic) bond motifs is 3. The minimum atomic E-state index is -2.50. The van der Waals surface area contributed by atoms with Crippen molar-refractivity contribution in [2.24, 2.45) is 5.41 Å². The minimum Gasteiger partial charge on any atom is -0.340 e. The molecule has 4 heterocycles. The molecule has 26 heavy (non-hydrogen) atoms. The Kier molecular flexibility index (Phi) is 4.67. The lowest BCUT2D eigenvalue weighted by Crippen LogP contribution is -2.51. The van der Waals surface area contributed by atoms with Crippen molar-refractivity contribution in [3.05, 3.63) is 10.6 Å². The number of halogens is 2. The Hall–Kier alpha value is -1.28. The summed E-state index contributed by atoms with van der Waals surface area (Å²) in [7, 11) is 0. The number of hydrogen-bond donors (Lipinski definition) is 1. The highest BCUT2D eigenvalue weighted by molar-refractivity contribution is 7.15. The number of amides is 1. The fourth-order valence-electron chi connectivity index (χ4n) is 4.17. The molecule has 2 bridgehead atoms. The van der Waals surface area contributed by atoms with Crippen LogP contribution in [0.1, 0.15) is 43.7 Å². The van der Waals surface area contributed by atoms with Crippen molar-refractivity contribution in [1.29, 1.82) is 0 Å². The topological polar surface area (TPSA) is 48.5 Å². The third-order valence-electron chi connectivity index (χ3n) is 5.87.